The molecule has 0 radical (unpaired) electrons. The van der Waals surface area contributed by atoms with Gasteiger partial charge in [0.05, 0.1) is 11.7 Å². The molecule has 2 aromatic heterocycles. The molecule has 4 rings (SSSR count). The first kappa shape index (κ1) is 20.3. The molecule has 2 aliphatic rings. The highest BCUT2D eigenvalue weighted by Crippen LogP contribution is 2.33. The number of nitrogens with zero attached hydrogens (tertiary/aromatic N) is 5. The number of hydrogen-bond donors (Lipinski definition) is 0. The lowest BCUT2D eigenvalue weighted by Crippen LogP contribution is -2.35. The monoisotopic (exact) mass is 397 g/mol. The second kappa shape index (κ2) is 8.42. The maximum Gasteiger partial charge on any atom is 0.222 e. The fraction of sp³-hybridized carbons (Fsp3) is 0.696. The summed E-state index contributed by atoms with van der Waals surface area (Å²) in [5.41, 5.74) is 5.38. The molecule has 29 heavy (non-hydrogen) atoms. The fourth-order valence-electron chi connectivity index (χ4n) is 5.13. The molecule has 4 heterocycles. The Labute approximate surface area is 174 Å². The van der Waals surface area contributed by atoms with Crippen molar-refractivity contribution in [1.29, 1.82) is 0 Å². The van der Waals surface area contributed by atoms with Crippen molar-refractivity contribution < 1.29 is 4.79 Å². The Bertz CT molecular complexity index is 881. The highest BCUT2D eigenvalue weighted by atomic mass is 16.2. The van der Waals surface area contributed by atoms with Crippen LogP contribution in [0.15, 0.2) is 6.07 Å². The van der Waals surface area contributed by atoms with Crippen molar-refractivity contribution in [3.8, 4) is 0 Å². The first-order chi connectivity index (χ1) is 14.0. The number of aromatic nitrogens is 3. The Hall–Kier alpha value is -1.95. The van der Waals surface area contributed by atoms with Crippen LogP contribution >= 0.6 is 0 Å². The van der Waals surface area contributed by atoms with Crippen LogP contribution < -0.4 is 0 Å². The van der Waals surface area contributed by atoms with Crippen molar-refractivity contribution in [3.63, 3.8) is 0 Å². The van der Waals surface area contributed by atoms with Gasteiger partial charge in [-0.1, -0.05) is 0 Å². The van der Waals surface area contributed by atoms with E-state index in [1.807, 2.05) is 9.42 Å². The zero-order valence-electron chi connectivity index (χ0n) is 18.4. The lowest BCUT2D eigenvalue weighted by Gasteiger charge is -2.27. The van der Waals surface area contributed by atoms with Crippen molar-refractivity contribution in [2.24, 2.45) is 0 Å². The molecule has 2 fully saturated rings. The zero-order chi connectivity index (χ0) is 20.5. The molecule has 158 valence electrons. The summed E-state index contributed by atoms with van der Waals surface area (Å²) < 4.78 is 2.00. The van der Waals surface area contributed by atoms with Crippen LogP contribution in [-0.4, -0.2) is 56.0 Å². The van der Waals surface area contributed by atoms with E-state index in [2.05, 4.69) is 38.7 Å². The maximum atomic E-state index is 12.6. The van der Waals surface area contributed by atoms with Crippen LogP contribution in [0.2, 0.25) is 0 Å². The summed E-state index contributed by atoms with van der Waals surface area (Å²) in [6.45, 7) is 11.7. The summed E-state index contributed by atoms with van der Waals surface area (Å²) in [5, 5.41) is 4.96. The van der Waals surface area contributed by atoms with Crippen molar-refractivity contribution >= 4 is 11.6 Å². The molecular weight excluding hydrogens is 362 g/mol. The molecular formula is C23H35N5O. The lowest BCUT2D eigenvalue weighted by atomic mass is 10.0. The van der Waals surface area contributed by atoms with Crippen molar-refractivity contribution in [2.75, 3.05) is 19.6 Å². The minimum atomic E-state index is 0.281. The van der Waals surface area contributed by atoms with Gasteiger partial charge in [-0.3, -0.25) is 9.69 Å². The Morgan fingerprint density at radius 1 is 1.14 bits per heavy atom. The van der Waals surface area contributed by atoms with Gasteiger partial charge < -0.3 is 4.90 Å². The predicted molar refractivity (Wildman–Crippen MR) is 115 cm³/mol. The molecule has 0 aliphatic carbocycles. The summed E-state index contributed by atoms with van der Waals surface area (Å²) in [6, 6.07) is 3.08. The molecule has 6 heteroatoms. The Morgan fingerprint density at radius 3 is 2.62 bits per heavy atom. The van der Waals surface area contributed by atoms with Gasteiger partial charge in [-0.15, -0.1) is 0 Å². The average molecular weight is 398 g/mol. The average Bonchev–Trinajstić information content (AvgIpc) is 3.35. The molecule has 1 unspecified atom stereocenters. The Kier molecular flexibility index (Phi) is 5.91. The molecule has 0 bridgehead atoms. The first-order valence-electron chi connectivity index (χ1n) is 11.3. The molecule has 0 aromatic carbocycles. The number of aryl methyl sites for hydroxylation is 2. The highest BCUT2D eigenvalue weighted by Gasteiger charge is 2.30. The van der Waals surface area contributed by atoms with Gasteiger partial charge in [0, 0.05) is 43.0 Å². The molecule has 2 aromatic rings. The Morgan fingerprint density at radius 2 is 1.90 bits per heavy atom. The summed E-state index contributed by atoms with van der Waals surface area (Å²) in [4.78, 5) is 22.0. The lowest BCUT2D eigenvalue weighted by molar-refractivity contribution is -0.132. The third-order valence-corrected chi connectivity index (χ3v) is 6.78. The van der Waals surface area contributed by atoms with E-state index in [-0.39, 0.29) is 5.91 Å². The number of fused-ring (bicyclic) bond motifs is 1. The van der Waals surface area contributed by atoms with Crippen LogP contribution in [0, 0.1) is 13.8 Å². The van der Waals surface area contributed by atoms with Gasteiger partial charge in [-0.05, 0) is 78.3 Å². The summed E-state index contributed by atoms with van der Waals surface area (Å²) in [6.07, 6.45) is 7.23. The summed E-state index contributed by atoms with van der Waals surface area (Å²) in [5.74, 6) is 0.281. The van der Waals surface area contributed by atoms with Crippen LogP contribution in [0.25, 0.3) is 5.65 Å². The van der Waals surface area contributed by atoms with E-state index < -0.39 is 0 Å². The minimum Gasteiger partial charge on any atom is -0.343 e. The van der Waals surface area contributed by atoms with Gasteiger partial charge in [0.1, 0.15) is 0 Å². The molecule has 1 atom stereocenters. The maximum absolute atomic E-state index is 12.6. The van der Waals surface area contributed by atoms with Gasteiger partial charge >= 0.3 is 0 Å². The topological polar surface area (TPSA) is 53.7 Å². The van der Waals surface area contributed by atoms with Gasteiger partial charge in [0.2, 0.25) is 5.91 Å². The number of likely N-dealkylation sites (tertiary alicyclic amines) is 2. The highest BCUT2D eigenvalue weighted by molar-refractivity contribution is 5.76. The fourth-order valence-corrected chi connectivity index (χ4v) is 5.13. The first-order valence-corrected chi connectivity index (χ1v) is 11.3. The number of amides is 1. The molecule has 2 saturated heterocycles. The normalized spacial score (nSPS) is 20.9. The van der Waals surface area contributed by atoms with E-state index in [4.69, 9.17) is 10.1 Å². The predicted octanol–water partition coefficient (Wildman–Crippen LogP) is 3.84. The number of carbonyl (C=O) groups is 1. The van der Waals surface area contributed by atoms with Crippen LogP contribution in [-0.2, 0) is 11.2 Å². The van der Waals surface area contributed by atoms with E-state index in [0.717, 1.165) is 68.0 Å². The number of hydrogen-bond acceptors (Lipinski definition) is 4. The number of rotatable bonds is 5. The van der Waals surface area contributed by atoms with E-state index in [0.29, 0.717) is 18.5 Å². The molecule has 6 nitrogen and oxygen atoms in total. The smallest absolute Gasteiger partial charge is 0.222 e. The second-order valence-electron chi connectivity index (χ2n) is 9.03. The molecule has 2 aliphatic heterocycles. The molecule has 0 saturated carbocycles. The van der Waals surface area contributed by atoms with Crippen LogP contribution in [0.4, 0.5) is 0 Å². The molecule has 1 amide bonds. The second-order valence-corrected chi connectivity index (χ2v) is 9.03. The standard InChI is InChI=1S/C23H35N5O/c1-16(2)27-14-8-9-21(27)20-15-22-24-17(3)19(18(4)28(22)25-20)10-11-23(29)26-12-6-5-7-13-26/h15-16,21H,5-14H2,1-4H3. The van der Waals surface area contributed by atoms with E-state index in [1.165, 1.54) is 18.4 Å². The van der Waals surface area contributed by atoms with Gasteiger partial charge in [-0.2, -0.15) is 5.10 Å². The summed E-state index contributed by atoms with van der Waals surface area (Å²) in [7, 11) is 0. The molecule has 0 spiro atoms. The van der Waals surface area contributed by atoms with Crippen LogP contribution in [0.1, 0.15) is 81.1 Å². The number of carbonyl (C=O) groups excluding carboxylic acids is 1. The van der Waals surface area contributed by atoms with Gasteiger partial charge in [0.15, 0.2) is 5.65 Å². The SMILES string of the molecule is Cc1nc2cc(C3CCCN3C(C)C)nn2c(C)c1CCC(=O)N1CCCCC1. The van der Waals surface area contributed by atoms with Crippen molar-refractivity contribution in [2.45, 2.75) is 84.7 Å². The quantitative estimate of drug-likeness (QED) is 0.769. The minimum absolute atomic E-state index is 0.281. The van der Waals surface area contributed by atoms with Crippen LogP contribution in [0.3, 0.4) is 0 Å². The van der Waals surface area contributed by atoms with Crippen molar-refractivity contribution in [3.05, 3.63) is 28.7 Å². The van der Waals surface area contributed by atoms with Gasteiger partial charge in [-0.25, -0.2) is 9.50 Å². The van der Waals surface area contributed by atoms with Gasteiger partial charge in [0.25, 0.3) is 0 Å². The summed E-state index contributed by atoms with van der Waals surface area (Å²) >= 11 is 0. The van der Waals surface area contributed by atoms with Crippen LogP contribution in [0.5, 0.6) is 0 Å². The van der Waals surface area contributed by atoms with E-state index in [9.17, 15) is 4.79 Å². The third-order valence-electron chi connectivity index (χ3n) is 6.78. The third kappa shape index (κ3) is 4.04. The van der Waals surface area contributed by atoms with Crippen molar-refractivity contribution in [1.82, 2.24) is 24.4 Å². The van der Waals surface area contributed by atoms with E-state index in [1.54, 1.807) is 0 Å². The zero-order valence-corrected chi connectivity index (χ0v) is 18.4. The van der Waals surface area contributed by atoms with E-state index >= 15 is 0 Å². The molecule has 0 N–H and O–H groups in total. The largest absolute Gasteiger partial charge is 0.343 e. The Balaban J connectivity index is 1.55. The number of piperidine rings is 1.